The van der Waals surface area contributed by atoms with Gasteiger partial charge in [-0.3, -0.25) is 9.69 Å². The van der Waals surface area contributed by atoms with Gasteiger partial charge in [-0.05, 0) is 74.8 Å². The van der Waals surface area contributed by atoms with E-state index in [0.29, 0.717) is 6.42 Å². The van der Waals surface area contributed by atoms with E-state index in [4.69, 9.17) is 9.97 Å². The Morgan fingerprint density at radius 2 is 1.56 bits per heavy atom. The van der Waals surface area contributed by atoms with Crippen LogP contribution in [0.15, 0.2) is 60.9 Å². The number of aldehydes is 1. The van der Waals surface area contributed by atoms with E-state index in [0.717, 1.165) is 103 Å². The van der Waals surface area contributed by atoms with Crippen LogP contribution in [-0.4, -0.2) is 87.7 Å². The molecule has 0 aliphatic carbocycles. The van der Waals surface area contributed by atoms with Gasteiger partial charge in [0.15, 0.2) is 0 Å². The van der Waals surface area contributed by atoms with Crippen LogP contribution in [-0.2, 0) is 9.59 Å². The van der Waals surface area contributed by atoms with Gasteiger partial charge in [-0.25, -0.2) is 9.97 Å². The molecule has 4 heterocycles. The van der Waals surface area contributed by atoms with Crippen molar-refractivity contribution >= 4 is 12.2 Å². The van der Waals surface area contributed by atoms with E-state index >= 15 is 0 Å². The summed E-state index contributed by atoms with van der Waals surface area (Å²) in [7, 11) is 3.86. The van der Waals surface area contributed by atoms with Crippen molar-refractivity contribution in [3.05, 3.63) is 72.6 Å². The molecule has 0 saturated carbocycles. The fourth-order valence-electron chi connectivity index (χ4n) is 7.84. The van der Waals surface area contributed by atoms with Gasteiger partial charge in [0.2, 0.25) is 5.91 Å². The number of hydrogen-bond donors (Lipinski definition) is 4. The van der Waals surface area contributed by atoms with Gasteiger partial charge in [-0.1, -0.05) is 75.7 Å². The molecule has 0 bridgehead atoms. The van der Waals surface area contributed by atoms with E-state index in [1.54, 1.807) is 0 Å². The summed E-state index contributed by atoms with van der Waals surface area (Å²) in [4.78, 5) is 45.9. The molecule has 1 unspecified atom stereocenters. The Bertz CT molecular complexity index is 1700. The lowest BCUT2D eigenvalue weighted by Gasteiger charge is -2.30. The van der Waals surface area contributed by atoms with Gasteiger partial charge in [-0.15, -0.1) is 0 Å². The zero-order valence-corrected chi connectivity index (χ0v) is 30.3. The molecule has 6 rings (SSSR count). The molecule has 4 aromatic rings. The maximum atomic E-state index is 13.5. The van der Waals surface area contributed by atoms with E-state index in [-0.39, 0.29) is 41.9 Å². The quantitative estimate of drug-likeness (QED) is 0.108. The molecule has 2 aromatic heterocycles. The normalized spacial score (nSPS) is 20.5. The minimum atomic E-state index is -0.178. The number of nitrogens with one attached hydrogen (secondary N) is 4. The Kier molecular flexibility index (Phi) is 11.6. The maximum Gasteiger partial charge on any atom is 0.240 e. The lowest BCUT2D eigenvalue weighted by atomic mass is 9.97. The minimum absolute atomic E-state index is 0.0228. The van der Waals surface area contributed by atoms with Crippen molar-refractivity contribution in [3.8, 4) is 33.6 Å². The molecule has 6 atom stereocenters. The van der Waals surface area contributed by atoms with Gasteiger partial charge >= 0.3 is 0 Å². The smallest absolute Gasteiger partial charge is 0.240 e. The molecule has 10 nitrogen and oxygen atoms in total. The van der Waals surface area contributed by atoms with Gasteiger partial charge in [0.05, 0.1) is 35.7 Å². The second-order valence-electron chi connectivity index (χ2n) is 14.3. The highest BCUT2D eigenvalue weighted by molar-refractivity contribution is 5.83. The number of imidazole rings is 2. The lowest BCUT2D eigenvalue weighted by Crippen LogP contribution is -2.48. The van der Waals surface area contributed by atoms with Gasteiger partial charge in [0, 0.05) is 37.3 Å². The van der Waals surface area contributed by atoms with Crippen LogP contribution < -0.4 is 10.6 Å². The van der Waals surface area contributed by atoms with Crippen LogP contribution in [0, 0.1) is 11.8 Å². The molecule has 2 aliphatic rings. The Morgan fingerprint density at radius 1 is 0.900 bits per heavy atom. The average Bonchev–Trinajstić information content (AvgIpc) is 3.98. The van der Waals surface area contributed by atoms with Crippen molar-refractivity contribution in [1.29, 1.82) is 0 Å². The summed E-state index contributed by atoms with van der Waals surface area (Å²) < 4.78 is 0. The Labute approximate surface area is 296 Å². The monoisotopic (exact) mass is 678 g/mol. The molecule has 50 heavy (non-hydrogen) atoms. The topological polar surface area (TPSA) is 122 Å². The molecular weight excluding hydrogens is 624 g/mol. The summed E-state index contributed by atoms with van der Waals surface area (Å²) in [5, 5.41) is 6.67. The number of likely N-dealkylation sites (tertiary alicyclic amines) is 2. The predicted molar refractivity (Wildman–Crippen MR) is 199 cm³/mol. The van der Waals surface area contributed by atoms with E-state index < -0.39 is 0 Å². The second-order valence-corrected chi connectivity index (χ2v) is 14.3. The number of amides is 1. The van der Waals surface area contributed by atoms with E-state index in [1.807, 2.05) is 31.4 Å². The number of aromatic amines is 2. The lowest BCUT2D eigenvalue weighted by molar-refractivity contribution is -0.135. The van der Waals surface area contributed by atoms with Crippen LogP contribution in [0.25, 0.3) is 33.6 Å². The van der Waals surface area contributed by atoms with Crippen molar-refractivity contribution in [1.82, 2.24) is 40.4 Å². The predicted octanol–water partition coefficient (Wildman–Crippen LogP) is 6.38. The van der Waals surface area contributed by atoms with Gasteiger partial charge in [-0.2, -0.15) is 0 Å². The summed E-state index contributed by atoms with van der Waals surface area (Å²) in [6, 6.07) is 17.5. The molecule has 0 radical (unpaired) electrons. The van der Waals surface area contributed by atoms with E-state index in [9.17, 15) is 9.59 Å². The van der Waals surface area contributed by atoms with Crippen molar-refractivity contribution in [2.45, 2.75) is 83.5 Å². The molecule has 2 saturated heterocycles. The number of hydrogen-bond acceptors (Lipinski definition) is 7. The zero-order chi connectivity index (χ0) is 35.2. The second kappa shape index (κ2) is 16.3. The number of nitrogens with zero attached hydrogens (tertiary/aromatic N) is 4. The van der Waals surface area contributed by atoms with Crippen molar-refractivity contribution < 1.29 is 9.59 Å². The van der Waals surface area contributed by atoms with Gasteiger partial charge in [0.1, 0.15) is 17.9 Å². The molecule has 1 amide bonds. The number of carbonyl (C=O) groups excluding carboxylic acids is 2. The standard InChI is InChI=1S/C40H54N8O2/c1-6-26(2)37(42-5)40(50)48-21-8-10-36(48)39-44-24-33(46-39)31-17-13-29(14-18-31)28-11-15-30(16-12-28)32-23-43-38(45-32)35-9-7-20-47(35)25-34(41-4)27(3)19-22-49/h11-18,22-24,26-27,34-37,41-42H,6-10,19-21,25H2,1-5H3,(H,43,45)(H,44,46)/t26-,27-,34-,35+,36?,37+/m1/s1. The third kappa shape index (κ3) is 7.62. The van der Waals surface area contributed by atoms with Gasteiger partial charge in [0.25, 0.3) is 0 Å². The minimum Gasteiger partial charge on any atom is -0.347 e. The fourth-order valence-corrected chi connectivity index (χ4v) is 7.84. The first-order chi connectivity index (χ1) is 24.3. The first-order valence-electron chi connectivity index (χ1n) is 18.5. The largest absolute Gasteiger partial charge is 0.347 e. The summed E-state index contributed by atoms with van der Waals surface area (Å²) in [6.45, 7) is 9.11. The fraction of sp³-hybridized carbons (Fsp3) is 0.500. The van der Waals surface area contributed by atoms with Crippen LogP contribution in [0.1, 0.15) is 83.0 Å². The number of likely N-dealkylation sites (N-methyl/N-ethyl adjacent to an activating group) is 2. The van der Waals surface area contributed by atoms with Crippen LogP contribution >= 0.6 is 0 Å². The molecule has 4 N–H and O–H groups in total. The van der Waals surface area contributed by atoms with Crippen LogP contribution in [0.4, 0.5) is 0 Å². The number of aromatic nitrogens is 4. The van der Waals surface area contributed by atoms with E-state index in [2.05, 4.69) is 94.8 Å². The molecule has 0 spiro atoms. The van der Waals surface area contributed by atoms with Crippen molar-refractivity contribution in [3.63, 3.8) is 0 Å². The van der Waals surface area contributed by atoms with Crippen LogP contribution in [0.2, 0.25) is 0 Å². The molecular formula is C40H54N8O2. The SMILES string of the molecule is CC[C@@H](C)[C@H](NC)C(=O)N1CCCC1c1ncc(-c2ccc(-c3ccc(-c4c[nH]c([C@@H]5CCCN5C[C@@H](NC)[C@H](C)CC=O)n4)cc3)cc2)[nH]1. The maximum absolute atomic E-state index is 13.5. The Hall–Kier alpha value is -4.12. The van der Waals surface area contributed by atoms with E-state index in [1.165, 1.54) is 0 Å². The number of benzene rings is 2. The molecule has 266 valence electrons. The Balaban J connectivity index is 1.10. The number of rotatable bonds is 15. The molecule has 2 aromatic carbocycles. The summed E-state index contributed by atoms with van der Waals surface area (Å²) in [5.74, 6) is 2.60. The highest BCUT2D eigenvalue weighted by Crippen LogP contribution is 2.35. The molecule has 2 fully saturated rings. The average molecular weight is 679 g/mol. The molecule has 10 heteroatoms. The first kappa shape index (κ1) is 35.7. The van der Waals surface area contributed by atoms with Gasteiger partial charge < -0.3 is 30.3 Å². The van der Waals surface area contributed by atoms with Crippen LogP contribution in [0.3, 0.4) is 0 Å². The Morgan fingerprint density at radius 3 is 2.22 bits per heavy atom. The third-order valence-electron chi connectivity index (χ3n) is 11.2. The highest BCUT2D eigenvalue weighted by atomic mass is 16.2. The van der Waals surface area contributed by atoms with Crippen molar-refractivity contribution in [2.24, 2.45) is 11.8 Å². The zero-order valence-electron chi connectivity index (χ0n) is 30.3. The number of H-pyrrole nitrogens is 2. The highest BCUT2D eigenvalue weighted by Gasteiger charge is 2.36. The summed E-state index contributed by atoms with van der Waals surface area (Å²) >= 11 is 0. The summed E-state index contributed by atoms with van der Waals surface area (Å²) in [5.41, 5.74) is 6.35. The summed E-state index contributed by atoms with van der Waals surface area (Å²) in [6.07, 6.45) is 10.6. The van der Waals surface area contributed by atoms with Crippen LogP contribution in [0.5, 0.6) is 0 Å². The first-order valence-corrected chi connectivity index (χ1v) is 18.5. The number of carbonyl (C=O) groups is 2. The molecule has 2 aliphatic heterocycles. The third-order valence-corrected chi connectivity index (χ3v) is 11.2. The van der Waals surface area contributed by atoms with Crippen molar-refractivity contribution in [2.75, 3.05) is 33.7 Å².